The molecular formula is C20H21N3OS. The van der Waals surface area contributed by atoms with Gasteiger partial charge in [-0.25, -0.2) is 0 Å². The van der Waals surface area contributed by atoms with Gasteiger partial charge in [0.1, 0.15) is 0 Å². The quantitative estimate of drug-likeness (QED) is 0.482. The van der Waals surface area contributed by atoms with E-state index in [4.69, 9.17) is 0 Å². The van der Waals surface area contributed by atoms with Gasteiger partial charge in [-0.1, -0.05) is 80.2 Å². The molecule has 128 valence electrons. The molecule has 4 nitrogen and oxygen atoms in total. The van der Waals surface area contributed by atoms with Crippen LogP contribution in [0.25, 0.3) is 11.4 Å². The molecule has 0 spiro atoms. The van der Waals surface area contributed by atoms with Crippen molar-refractivity contribution in [2.75, 3.05) is 5.75 Å². The number of nitrogens with zero attached hydrogens (tertiary/aromatic N) is 3. The molecule has 3 aromatic rings. The Morgan fingerprint density at radius 1 is 1.04 bits per heavy atom. The van der Waals surface area contributed by atoms with E-state index in [0.717, 1.165) is 22.1 Å². The molecule has 0 N–H and O–H groups in total. The van der Waals surface area contributed by atoms with Gasteiger partial charge in [-0.05, 0) is 11.5 Å². The van der Waals surface area contributed by atoms with Gasteiger partial charge in [-0.3, -0.25) is 4.79 Å². The predicted octanol–water partition coefficient (Wildman–Crippen LogP) is 4.58. The third kappa shape index (κ3) is 3.99. The fourth-order valence-electron chi connectivity index (χ4n) is 2.55. The molecule has 0 atom stereocenters. The SMILES string of the molecule is CC(C)c1ccc(C(=O)CSc2nnc(-c3ccccc3)n2C)cc1. The molecule has 0 saturated heterocycles. The third-order valence-electron chi connectivity index (χ3n) is 4.10. The third-order valence-corrected chi connectivity index (χ3v) is 5.12. The average Bonchev–Trinajstić information content (AvgIpc) is 3.01. The Hall–Kier alpha value is -2.40. The first kappa shape index (κ1) is 17.4. The van der Waals surface area contributed by atoms with Crippen molar-refractivity contribution in [1.29, 1.82) is 0 Å². The minimum Gasteiger partial charge on any atom is -0.305 e. The van der Waals surface area contributed by atoms with Crippen LogP contribution in [0, 0.1) is 0 Å². The lowest BCUT2D eigenvalue weighted by molar-refractivity contribution is 0.102. The number of thioether (sulfide) groups is 1. The minimum absolute atomic E-state index is 0.101. The monoisotopic (exact) mass is 351 g/mol. The zero-order valence-electron chi connectivity index (χ0n) is 14.6. The first-order chi connectivity index (χ1) is 12.1. The Bertz CT molecular complexity index is 854. The van der Waals surface area contributed by atoms with Gasteiger partial charge in [-0.2, -0.15) is 0 Å². The lowest BCUT2D eigenvalue weighted by Gasteiger charge is -2.06. The van der Waals surface area contributed by atoms with Crippen LogP contribution in [0.5, 0.6) is 0 Å². The summed E-state index contributed by atoms with van der Waals surface area (Å²) in [7, 11) is 1.92. The molecule has 0 unspecified atom stereocenters. The molecule has 25 heavy (non-hydrogen) atoms. The van der Waals surface area contributed by atoms with Crippen LogP contribution < -0.4 is 0 Å². The van der Waals surface area contributed by atoms with Crippen LogP contribution in [0.15, 0.2) is 59.8 Å². The van der Waals surface area contributed by atoms with Crippen molar-refractivity contribution in [3.8, 4) is 11.4 Å². The van der Waals surface area contributed by atoms with Crippen molar-refractivity contribution >= 4 is 17.5 Å². The first-order valence-corrected chi connectivity index (χ1v) is 9.25. The molecule has 0 saturated carbocycles. The van der Waals surface area contributed by atoms with Crippen LogP contribution in [0.3, 0.4) is 0 Å². The van der Waals surface area contributed by atoms with Gasteiger partial charge in [0, 0.05) is 18.2 Å². The maximum atomic E-state index is 12.4. The van der Waals surface area contributed by atoms with E-state index < -0.39 is 0 Å². The highest BCUT2D eigenvalue weighted by Gasteiger charge is 2.13. The van der Waals surface area contributed by atoms with Crippen LogP contribution >= 0.6 is 11.8 Å². The fraction of sp³-hybridized carbons (Fsp3) is 0.250. The first-order valence-electron chi connectivity index (χ1n) is 8.27. The van der Waals surface area contributed by atoms with Gasteiger partial charge < -0.3 is 4.57 Å². The average molecular weight is 351 g/mol. The molecule has 0 aliphatic carbocycles. The van der Waals surface area contributed by atoms with Crippen LogP contribution in [0.2, 0.25) is 0 Å². The fourth-order valence-corrected chi connectivity index (χ4v) is 3.35. The summed E-state index contributed by atoms with van der Waals surface area (Å²) >= 11 is 1.42. The van der Waals surface area contributed by atoms with Gasteiger partial charge in [0.25, 0.3) is 0 Å². The normalized spacial score (nSPS) is 11.0. The maximum Gasteiger partial charge on any atom is 0.191 e. The lowest BCUT2D eigenvalue weighted by atomic mass is 10.0. The molecule has 0 amide bonds. The Balaban J connectivity index is 1.67. The van der Waals surface area contributed by atoms with Crippen LogP contribution in [0.1, 0.15) is 35.7 Å². The number of carbonyl (C=O) groups excluding carboxylic acids is 1. The summed E-state index contributed by atoms with van der Waals surface area (Å²) in [6, 6.07) is 17.8. The second kappa shape index (κ2) is 7.66. The molecule has 1 aromatic heterocycles. The van der Waals surface area contributed by atoms with Gasteiger partial charge in [0.15, 0.2) is 16.8 Å². The van der Waals surface area contributed by atoms with Crippen molar-refractivity contribution < 1.29 is 4.79 Å². The summed E-state index contributed by atoms with van der Waals surface area (Å²) in [5.74, 6) is 1.72. The molecule has 0 aliphatic rings. The molecular weight excluding hydrogens is 330 g/mol. The Labute approximate surface area is 152 Å². The largest absolute Gasteiger partial charge is 0.305 e. The van der Waals surface area contributed by atoms with Crippen molar-refractivity contribution in [1.82, 2.24) is 14.8 Å². The Kier molecular flexibility index (Phi) is 5.34. The number of hydrogen-bond donors (Lipinski definition) is 0. The van der Waals surface area contributed by atoms with E-state index in [1.165, 1.54) is 17.3 Å². The van der Waals surface area contributed by atoms with Gasteiger partial charge in [-0.15, -0.1) is 10.2 Å². The highest BCUT2D eigenvalue weighted by atomic mass is 32.2. The van der Waals surface area contributed by atoms with Gasteiger partial charge in [0.2, 0.25) is 0 Å². The highest BCUT2D eigenvalue weighted by molar-refractivity contribution is 7.99. The van der Waals surface area contributed by atoms with Gasteiger partial charge in [0.05, 0.1) is 5.75 Å². The minimum atomic E-state index is 0.101. The molecule has 1 heterocycles. The molecule has 0 radical (unpaired) electrons. The Morgan fingerprint density at radius 3 is 2.36 bits per heavy atom. The molecule has 0 bridgehead atoms. The van der Waals surface area contributed by atoms with Crippen LogP contribution in [-0.2, 0) is 7.05 Å². The number of ketones is 1. The molecule has 3 rings (SSSR count). The van der Waals surface area contributed by atoms with Crippen molar-refractivity contribution in [3.05, 3.63) is 65.7 Å². The van der Waals surface area contributed by atoms with Crippen molar-refractivity contribution in [3.63, 3.8) is 0 Å². The topological polar surface area (TPSA) is 47.8 Å². The van der Waals surface area contributed by atoms with Crippen LogP contribution in [-0.4, -0.2) is 26.3 Å². The summed E-state index contributed by atoms with van der Waals surface area (Å²) < 4.78 is 1.93. The number of carbonyl (C=O) groups is 1. The molecule has 2 aromatic carbocycles. The van der Waals surface area contributed by atoms with E-state index in [1.54, 1.807) is 0 Å². The molecule has 0 fully saturated rings. The zero-order chi connectivity index (χ0) is 17.8. The number of rotatable bonds is 6. The highest BCUT2D eigenvalue weighted by Crippen LogP contribution is 2.23. The van der Waals surface area contributed by atoms with E-state index >= 15 is 0 Å². The van der Waals surface area contributed by atoms with Crippen molar-refractivity contribution in [2.24, 2.45) is 7.05 Å². The summed E-state index contributed by atoms with van der Waals surface area (Å²) in [5, 5.41) is 9.21. The smallest absolute Gasteiger partial charge is 0.191 e. The standard InChI is InChI=1S/C20H21N3OS/c1-14(2)15-9-11-16(12-10-15)18(24)13-25-20-22-21-19(23(20)3)17-7-5-4-6-8-17/h4-12,14H,13H2,1-3H3. The van der Waals surface area contributed by atoms with E-state index in [0.29, 0.717) is 11.7 Å². The number of aromatic nitrogens is 3. The van der Waals surface area contributed by atoms with Gasteiger partial charge >= 0.3 is 0 Å². The summed E-state index contributed by atoms with van der Waals surface area (Å²) in [6.07, 6.45) is 0. The van der Waals surface area contributed by atoms with Crippen LogP contribution in [0.4, 0.5) is 0 Å². The lowest BCUT2D eigenvalue weighted by Crippen LogP contribution is -2.04. The second-order valence-electron chi connectivity index (χ2n) is 6.22. The number of Topliss-reactive ketones (excluding diaryl/α,β-unsaturated/α-hetero) is 1. The van der Waals surface area contributed by atoms with Crippen molar-refractivity contribution in [2.45, 2.75) is 24.9 Å². The molecule has 5 heteroatoms. The van der Waals surface area contributed by atoms with E-state index in [1.807, 2.05) is 66.2 Å². The summed E-state index contributed by atoms with van der Waals surface area (Å²) in [4.78, 5) is 12.4. The second-order valence-corrected chi connectivity index (χ2v) is 7.16. The summed E-state index contributed by atoms with van der Waals surface area (Å²) in [5.41, 5.74) is 2.99. The number of hydrogen-bond acceptors (Lipinski definition) is 4. The molecule has 0 aliphatic heterocycles. The van der Waals surface area contributed by atoms with E-state index in [-0.39, 0.29) is 5.78 Å². The summed E-state index contributed by atoms with van der Waals surface area (Å²) in [6.45, 7) is 4.29. The number of benzene rings is 2. The maximum absolute atomic E-state index is 12.4. The Morgan fingerprint density at radius 2 is 1.72 bits per heavy atom. The van der Waals surface area contributed by atoms with E-state index in [9.17, 15) is 4.79 Å². The predicted molar refractivity (Wildman–Crippen MR) is 102 cm³/mol. The van der Waals surface area contributed by atoms with E-state index in [2.05, 4.69) is 24.0 Å². The zero-order valence-corrected chi connectivity index (χ0v) is 15.5.